The zero-order valence-corrected chi connectivity index (χ0v) is 12.6. The Bertz CT molecular complexity index is 442. The van der Waals surface area contributed by atoms with E-state index in [1.165, 1.54) is 18.9 Å². The van der Waals surface area contributed by atoms with Crippen molar-refractivity contribution in [1.29, 1.82) is 0 Å². The Labute approximate surface area is 124 Å². The number of nitrogens with one attached hydrogen (secondary N) is 1. The summed E-state index contributed by atoms with van der Waals surface area (Å²) in [4.78, 5) is 4.08. The van der Waals surface area contributed by atoms with E-state index < -0.39 is 11.7 Å². The molecule has 3 unspecified atom stereocenters. The van der Waals surface area contributed by atoms with E-state index in [2.05, 4.69) is 17.2 Å². The van der Waals surface area contributed by atoms with Gasteiger partial charge in [0.2, 0.25) is 0 Å². The van der Waals surface area contributed by atoms with Crippen LogP contribution in [-0.4, -0.2) is 11.5 Å². The molecular weight excluding hydrogens is 277 g/mol. The highest BCUT2D eigenvalue weighted by molar-refractivity contribution is 5.19. The molecule has 2 nitrogen and oxygen atoms in total. The minimum Gasteiger partial charge on any atom is -0.309 e. The van der Waals surface area contributed by atoms with Crippen LogP contribution < -0.4 is 5.32 Å². The number of rotatable bonds is 4. The van der Waals surface area contributed by atoms with Gasteiger partial charge in [0.15, 0.2) is 0 Å². The third-order valence-electron chi connectivity index (χ3n) is 4.30. The lowest BCUT2D eigenvalue weighted by Gasteiger charge is -2.33. The summed E-state index contributed by atoms with van der Waals surface area (Å²) in [6.45, 7) is 5.05. The Morgan fingerprint density at radius 2 is 2.10 bits per heavy atom. The van der Waals surface area contributed by atoms with E-state index in [4.69, 9.17) is 0 Å². The molecule has 1 N–H and O–H groups in total. The molecule has 0 amide bonds. The standard InChI is InChI=1S/C16H23F3N2/c1-3-20-15(12-6-4-5-11(2)9-12)14-8-7-13(10-21-14)16(17,18)19/h7-8,10-12,15,20H,3-6,9H2,1-2H3. The first-order valence-electron chi connectivity index (χ1n) is 7.68. The fourth-order valence-corrected chi connectivity index (χ4v) is 3.27. The molecule has 118 valence electrons. The number of alkyl halides is 3. The molecule has 1 saturated carbocycles. The van der Waals surface area contributed by atoms with Gasteiger partial charge in [0.25, 0.3) is 0 Å². The van der Waals surface area contributed by atoms with E-state index in [1.807, 2.05) is 6.92 Å². The van der Waals surface area contributed by atoms with Crippen molar-refractivity contribution in [3.63, 3.8) is 0 Å². The molecule has 1 heterocycles. The van der Waals surface area contributed by atoms with Gasteiger partial charge in [-0.1, -0.05) is 26.7 Å². The molecule has 1 fully saturated rings. The van der Waals surface area contributed by atoms with Crippen LogP contribution in [0, 0.1) is 11.8 Å². The van der Waals surface area contributed by atoms with Gasteiger partial charge in [0, 0.05) is 6.20 Å². The molecule has 1 aromatic rings. The molecule has 0 aromatic carbocycles. The number of nitrogens with zero attached hydrogens (tertiary/aromatic N) is 1. The highest BCUT2D eigenvalue weighted by Gasteiger charge is 2.32. The first-order valence-corrected chi connectivity index (χ1v) is 7.68. The normalized spacial score (nSPS) is 24.8. The molecule has 3 atom stereocenters. The fourth-order valence-electron chi connectivity index (χ4n) is 3.27. The van der Waals surface area contributed by atoms with Crippen molar-refractivity contribution < 1.29 is 13.2 Å². The molecule has 0 spiro atoms. The van der Waals surface area contributed by atoms with Crippen LogP contribution in [0.15, 0.2) is 18.3 Å². The highest BCUT2D eigenvalue weighted by Crippen LogP contribution is 2.37. The van der Waals surface area contributed by atoms with Gasteiger partial charge < -0.3 is 5.32 Å². The molecule has 1 aromatic heterocycles. The number of hydrogen-bond donors (Lipinski definition) is 1. The second-order valence-corrected chi connectivity index (χ2v) is 6.04. The van der Waals surface area contributed by atoms with Gasteiger partial charge >= 0.3 is 6.18 Å². The third-order valence-corrected chi connectivity index (χ3v) is 4.30. The molecule has 21 heavy (non-hydrogen) atoms. The van der Waals surface area contributed by atoms with E-state index in [9.17, 15) is 13.2 Å². The Balaban J connectivity index is 2.17. The first kappa shape index (κ1) is 16.3. The van der Waals surface area contributed by atoms with Crippen LogP contribution >= 0.6 is 0 Å². The van der Waals surface area contributed by atoms with Gasteiger partial charge in [0.1, 0.15) is 0 Å². The van der Waals surface area contributed by atoms with Crippen molar-refractivity contribution in [3.05, 3.63) is 29.6 Å². The maximum atomic E-state index is 12.6. The highest BCUT2D eigenvalue weighted by atomic mass is 19.4. The predicted octanol–water partition coefficient (Wildman–Crippen LogP) is 4.58. The molecule has 1 aliphatic carbocycles. The van der Waals surface area contributed by atoms with E-state index in [0.29, 0.717) is 11.8 Å². The largest absolute Gasteiger partial charge is 0.417 e. The summed E-state index contributed by atoms with van der Waals surface area (Å²) in [6, 6.07) is 2.72. The van der Waals surface area contributed by atoms with Crippen molar-refractivity contribution in [2.24, 2.45) is 11.8 Å². The lowest BCUT2D eigenvalue weighted by Crippen LogP contribution is -2.32. The number of aromatic nitrogens is 1. The van der Waals surface area contributed by atoms with Gasteiger partial charge in [-0.05, 0) is 43.4 Å². The van der Waals surface area contributed by atoms with Crippen LogP contribution in [0.3, 0.4) is 0 Å². The van der Waals surface area contributed by atoms with Crippen LogP contribution in [-0.2, 0) is 6.18 Å². The average molecular weight is 300 g/mol. The van der Waals surface area contributed by atoms with Gasteiger partial charge in [-0.2, -0.15) is 13.2 Å². The summed E-state index contributed by atoms with van der Waals surface area (Å²) >= 11 is 0. The number of pyridine rings is 1. The molecule has 0 bridgehead atoms. The van der Waals surface area contributed by atoms with Crippen LogP contribution in [0.25, 0.3) is 0 Å². The minimum absolute atomic E-state index is 0.0556. The zero-order chi connectivity index (χ0) is 15.5. The van der Waals surface area contributed by atoms with Crippen LogP contribution in [0.5, 0.6) is 0 Å². The summed E-state index contributed by atoms with van der Waals surface area (Å²) < 4.78 is 37.9. The quantitative estimate of drug-likeness (QED) is 0.880. The number of halogens is 3. The van der Waals surface area contributed by atoms with Crippen LogP contribution in [0.2, 0.25) is 0 Å². The summed E-state index contributed by atoms with van der Waals surface area (Å²) in [6.07, 6.45) is 1.29. The summed E-state index contributed by atoms with van der Waals surface area (Å²) in [5.41, 5.74) is 0.0439. The van der Waals surface area contributed by atoms with Crippen molar-refractivity contribution in [2.75, 3.05) is 6.54 Å². The summed E-state index contributed by atoms with van der Waals surface area (Å²) in [7, 11) is 0. The third kappa shape index (κ3) is 4.19. The molecule has 0 radical (unpaired) electrons. The zero-order valence-electron chi connectivity index (χ0n) is 12.6. The van der Waals surface area contributed by atoms with Crippen molar-refractivity contribution in [1.82, 2.24) is 10.3 Å². The smallest absolute Gasteiger partial charge is 0.309 e. The topological polar surface area (TPSA) is 24.9 Å². The molecular formula is C16H23F3N2. The molecule has 0 aliphatic heterocycles. The summed E-state index contributed by atoms with van der Waals surface area (Å²) in [5, 5.41) is 3.40. The number of hydrogen-bond acceptors (Lipinski definition) is 2. The Morgan fingerprint density at radius 3 is 2.62 bits per heavy atom. The van der Waals surface area contributed by atoms with Gasteiger partial charge in [-0.15, -0.1) is 0 Å². The van der Waals surface area contributed by atoms with Crippen LogP contribution in [0.1, 0.15) is 56.8 Å². The van der Waals surface area contributed by atoms with Gasteiger partial charge in [-0.25, -0.2) is 0 Å². The predicted molar refractivity (Wildman–Crippen MR) is 76.8 cm³/mol. The maximum Gasteiger partial charge on any atom is 0.417 e. The monoisotopic (exact) mass is 300 g/mol. The minimum atomic E-state index is -4.32. The van der Waals surface area contributed by atoms with Crippen LogP contribution in [0.4, 0.5) is 13.2 Å². The van der Waals surface area contributed by atoms with E-state index in [0.717, 1.165) is 37.3 Å². The van der Waals surface area contributed by atoms with E-state index >= 15 is 0 Å². The van der Waals surface area contributed by atoms with E-state index in [1.54, 1.807) is 0 Å². The molecule has 2 rings (SSSR count). The van der Waals surface area contributed by atoms with Gasteiger partial charge in [0.05, 0.1) is 17.3 Å². The molecule has 1 aliphatic rings. The van der Waals surface area contributed by atoms with Crippen molar-refractivity contribution in [3.8, 4) is 0 Å². The summed E-state index contributed by atoms with van der Waals surface area (Å²) in [5.74, 6) is 1.14. The van der Waals surface area contributed by atoms with Gasteiger partial charge in [-0.3, -0.25) is 4.98 Å². The average Bonchev–Trinajstić information content (AvgIpc) is 2.44. The second-order valence-electron chi connectivity index (χ2n) is 6.04. The molecule has 5 heteroatoms. The SMILES string of the molecule is CCNC(c1ccc(C(F)(F)F)cn1)C1CCCC(C)C1. The van der Waals surface area contributed by atoms with Crippen molar-refractivity contribution in [2.45, 2.75) is 51.7 Å². The maximum absolute atomic E-state index is 12.6. The lowest BCUT2D eigenvalue weighted by molar-refractivity contribution is -0.137. The fraction of sp³-hybridized carbons (Fsp3) is 0.688. The Hall–Kier alpha value is -1.10. The lowest BCUT2D eigenvalue weighted by atomic mass is 9.77. The molecule has 0 saturated heterocycles. The van der Waals surface area contributed by atoms with E-state index in [-0.39, 0.29) is 6.04 Å². The van der Waals surface area contributed by atoms with Crippen molar-refractivity contribution >= 4 is 0 Å². The second kappa shape index (κ2) is 6.77. The first-order chi connectivity index (χ1) is 9.91. The Morgan fingerprint density at radius 1 is 1.33 bits per heavy atom. The Kier molecular flexibility index (Phi) is 5.25.